The highest BCUT2D eigenvalue weighted by atomic mass is 16.6. The number of carbonyl (C=O) groups is 2. The molecule has 2 atom stereocenters. The van der Waals surface area contributed by atoms with E-state index in [1.165, 1.54) is 13.1 Å². The van der Waals surface area contributed by atoms with E-state index in [0.717, 1.165) is 37.7 Å². The van der Waals surface area contributed by atoms with Crippen molar-refractivity contribution >= 4 is 23.4 Å². The van der Waals surface area contributed by atoms with Crippen molar-refractivity contribution in [3.05, 3.63) is 59.7 Å². The summed E-state index contributed by atoms with van der Waals surface area (Å²) in [5, 5.41) is 30.0. The fourth-order valence-electron chi connectivity index (χ4n) is 4.23. The Hall–Kier alpha value is -3.68. The topological polar surface area (TPSA) is 120 Å². The zero-order chi connectivity index (χ0) is 27.4. The molecule has 1 heterocycles. The molecule has 2 unspecified atom stereocenters. The van der Waals surface area contributed by atoms with Crippen LogP contribution in [0.1, 0.15) is 58.4 Å². The Morgan fingerprint density at radius 2 is 1.97 bits per heavy atom. The molecule has 1 aromatic carbocycles. The Morgan fingerprint density at radius 1 is 1.24 bits per heavy atom. The molecule has 0 saturated heterocycles. The van der Waals surface area contributed by atoms with Crippen molar-refractivity contribution in [2.24, 2.45) is 5.92 Å². The summed E-state index contributed by atoms with van der Waals surface area (Å²) in [6.07, 6.45) is 13.3. The number of hydrogen-bond donors (Lipinski definition) is 5. The minimum atomic E-state index is -0.491. The van der Waals surface area contributed by atoms with Crippen LogP contribution in [0.25, 0.3) is 0 Å². The first kappa shape index (κ1) is 29.5. The lowest BCUT2D eigenvalue weighted by molar-refractivity contribution is -0.112. The normalized spacial score (nSPS) is 23.4. The van der Waals surface area contributed by atoms with Crippen molar-refractivity contribution in [2.45, 2.75) is 65.4 Å². The van der Waals surface area contributed by atoms with Crippen molar-refractivity contribution in [3.8, 4) is 11.5 Å². The second-order valence-electron chi connectivity index (χ2n) is 9.34. The molecule has 2 rings (SSSR count). The Morgan fingerprint density at radius 3 is 2.68 bits per heavy atom. The van der Waals surface area contributed by atoms with Gasteiger partial charge in [0, 0.05) is 36.7 Å². The van der Waals surface area contributed by atoms with Crippen LogP contribution < -0.4 is 16.0 Å². The van der Waals surface area contributed by atoms with Crippen LogP contribution in [0, 0.1) is 5.92 Å². The monoisotopic (exact) mass is 511 g/mol. The number of phenols is 2. The van der Waals surface area contributed by atoms with E-state index in [-0.39, 0.29) is 23.1 Å². The number of amides is 2. The summed E-state index contributed by atoms with van der Waals surface area (Å²) >= 11 is 0. The molecule has 0 saturated carbocycles. The van der Waals surface area contributed by atoms with Crippen molar-refractivity contribution in [1.82, 2.24) is 5.32 Å². The van der Waals surface area contributed by atoms with Crippen LogP contribution in [0.3, 0.4) is 0 Å². The Balaban J connectivity index is 2.39. The fourth-order valence-corrected chi connectivity index (χ4v) is 4.23. The molecule has 2 amide bonds. The molecule has 0 spiro atoms. The number of fused-ring (bicyclic) bond motifs is 2. The molecule has 202 valence electrons. The number of hydrogen-bond acceptors (Lipinski definition) is 6. The number of phenolic OH excluding ortho intramolecular Hbond substituents is 2. The molecule has 0 aliphatic carbocycles. The minimum absolute atomic E-state index is 0.0473. The molecule has 0 fully saturated rings. The summed E-state index contributed by atoms with van der Waals surface area (Å²) in [5.74, 6) is -0.631. The summed E-state index contributed by atoms with van der Waals surface area (Å²) in [5.41, 5.74) is 2.56. The van der Waals surface area contributed by atoms with Gasteiger partial charge in [0.15, 0.2) is 0 Å². The van der Waals surface area contributed by atoms with Crippen molar-refractivity contribution in [2.75, 3.05) is 24.2 Å². The fraction of sp³-hybridized carbons (Fsp3) is 0.448. The average molecular weight is 512 g/mol. The molecule has 1 aliphatic rings. The number of rotatable bonds is 4. The van der Waals surface area contributed by atoms with E-state index in [1.807, 2.05) is 19.9 Å². The number of allylic oxidation sites excluding steroid dienone is 3. The van der Waals surface area contributed by atoms with Gasteiger partial charge in [-0.05, 0) is 45.1 Å². The Bertz CT molecular complexity index is 1060. The third-order valence-corrected chi connectivity index (χ3v) is 6.38. The lowest BCUT2D eigenvalue weighted by atomic mass is 9.96. The van der Waals surface area contributed by atoms with Gasteiger partial charge in [0.05, 0.1) is 11.4 Å². The zero-order valence-corrected chi connectivity index (χ0v) is 22.4. The standard InChI is InChI=1S/C29H41N3O5/c1-6-17-31-25-22-16-11-9-7-8-10-13-19(2)27(37-29(36)30-5)20(3)14-12-15-21(4)28(35)32-23(26(22)34)18-24(25)33/h6,12-15,18,20,27,31,33-34H,1,7-11,16-17H2,2-5H3,(H,30,36)(H,32,35)/b14-12-,19-13+,21-15+. The molecule has 8 heteroatoms. The van der Waals surface area contributed by atoms with Crippen LogP contribution in [-0.2, 0) is 16.0 Å². The lowest BCUT2D eigenvalue weighted by Crippen LogP contribution is -2.30. The minimum Gasteiger partial charge on any atom is -0.506 e. The van der Waals surface area contributed by atoms with Crippen molar-refractivity contribution in [1.29, 1.82) is 0 Å². The van der Waals surface area contributed by atoms with Gasteiger partial charge in [0.1, 0.15) is 17.6 Å². The number of ether oxygens (including phenoxy) is 1. The Labute approximate surface area is 220 Å². The highest BCUT2D eigenvalue weighted by molar-refractivity contribution is 6.04. The first-order chi connectivity index (χ1) is 17.7. The van der Waals surface area contributed by atoms with E-state index in [0.29, 0.717) is 29.8 Å². The number of nitrogens with one attached hydrogen (secondary N) is 3. The number of aromatic hydroxyl groups is 2. The van der Waals surface area contributed by atoms with Crippen LogP contribution in [0.15, 0.2) is 54.2 Å². The largest absolute Gasteiger partial charge is 0.506 e. The zero-order valence-electron chi connectivity index (χ0n) is 22.4. The smallest absolute Gasteiger partial charge is 0.407 e. The van der Waals surface area contributed by atoms with Gasteiger partial charge in [-0.2, -0.15) is 0 Å². The van der Waals surface area contributed by atoms with Gasteiger partial charge in [-0.1, -0.05) is 50.1 Å². The van der Waals surface area contributed by atoms with E-state index in [1.54, 1.807) is 25.2 Å². The Kier molecular flexibility index (Phi) is 11.8. The second-order valence-corrected chi connectivity index (χ2v) is 9.34. The molecule has 5 N–H and O–H groups in total. The molecule has 1 aliphatic heterocycles. The number of benzene rings is 1. The molecular weight excluding hydrogens is 470 g/mol. The predicted molar refractivity (Wildman–Crippen MR) is 149 cm³/mol. The molecule has 2 bridgehead atoms. The van der Waals surface area contributed by atoms with Crippen LogP contribution in [0.2, 0.25) is 0 Å². The highest BCUT2D eigenvalue weighted by Gasteiger charge is 2.22. The maximum Gasteiger partial charge on any atom is 0.407 e. The van der Waals surface area contributed by atoms with Gasteiger partial charge in [0.2, 0.25) is 0 Å². The van der Waals surface area contributed by atoms with E-state index < -0.39 is 18.1 Å². The van der Waals surface area contributed by atoms with Gasteiger partial charge < -0.3 is 30.9 Å². The number of alkyl carbamates (subject to hydrolysis) is 1. The van der Waals surface area contributed by atoms with Crippen LogP contribution >= 0.6 is 0 Å². The van der Waals surface area contributed by atoms with E-state index >= 15 is 0 Å². The second kappa shape index (κ2) is 14.8. The van der Waals surface area contributed by atoms with E-state index in [9.17, 15) is 19.8 Å². The first-order valence-electron chi connectivity index (χ1n) is 12.8. The van der Waals surface area contributed by atoms with Gasteiger partial charge in [-0.25, -0.2) is 4.79 Å². The van der Waals surface area contributed by atoms with Crippen LogP contribution in [0.4, 0.5) is 16.2 Å². The SMILES string of the molecule is C=CCNc1c(O)cc2c(O)c1CCCCCC/C=C(\C)C(OC(=O)NC)C(C)/C=C\C=C(/C)C(=O)N2. The molecule has 1 aromatic rings. The number of anilines is 2. The van der Waals surface area contributed by atoms with Gasteiger partial charge in [-0.15, -0.1) is 6.58 Å². The van der Waals surface area contributed by atoms with E-state index in [2.05, 4.69) is 28.6 Å². The third kappa shape index (κ3) is 8.74. The maximum atomic E-state index is 12.8. The van der Waals surface area contributed by atoms with Gasteiger partial charge >= 0.3 is 6.09 Å². The van der Waals surface area contributed by atoms with E-state index in [4.69, 9.17) is 4.74 Å². The van der Waals surface area contributed by atoms with Crippen LogP contribution in [-0.4, -0.2) is 41.9 Å². The van der Waals surface area contributed by atoms with Crippen molar-refractivity contribution < 1.29 is 24.5 Å². The summed E-state index contributed by atoms with van der Waals surface area (Å²) in [6, 6.07) is 1.35. The van der Waals surface area contributed by atoms with Gasteiger partial charge in [-0.3, -0.25) is 4.79 Å². The molecule has 0 radical (unpaired) electrons. The number of carbonyl (C=O) groups excluding carboxylic acids is 2. The molecule has 37 heavy (non-hydrogen) atoms. The van der Waals surface area contributed by atoms with Gasteiger partial charge in [0.25, 0.3) is 5.91 Å². The summed E-state index contributed by atoms with van der Waals surface area (Å²) in [6.45, 7) is 9.71. The summed E-state index contributed by atoms with van der Waals surface area (Å²) in [7, 11) is 1.53. The quantitative estimate of drug-likeness (QED) is 0.194. The summed E-state index contributed by atoms with van der Waals surface area (Å²) < 4.78 is 5.63. The maximum absolute atomic E-state index is 12.8. The third-order valence-electron chi connectivity index (χ3n) is 6.38. The first-order valence-corrected chi connectivity index (χ1v) is 12.8. The predicted octanol–water partition coefficient (Wildman–Crippen LogP) is 5.95. The molecule has 0 aromatic heterocycles. The van der Waals surface area contributed by atoms with Crippen molar-refractivity contribution in [3.63, 3.8) is 0 Å². The van der Waals surface area contributed by atoms with Crippen LogP contribution in [0.5, 0.6) is 11.5 Å². The highest BCUT2D eigenvalue weighted by Crippen LogP contribution is 2.41. The molecular formula is C29H41N3O5. The lowest BCUT2D eigenvalue weighted by Gasteiger charge is -2.23. The average Bonchev–Trinajstić information content (AvgIpc) is 2.87. The summed E-state index contributed by atoms with van der Waals surface area (Å²) in [4.78, 5) is 24.8. The molecule has 8 nitrogen and oxygen atoms in total.